The number of nitrogens with one attached hydrogen (secondary N) is 1. The Balaban J connectivity index is 1.79. The molecule has 4 rings (SSSR count). The highest BCUT2D eigenvalue weighted by atomic mass is 19.1. The number of primary amides is 1. The van der Waals surface area contributed by atoms with Crippen LogP contribution in [0.25, 0.3) is 11.3 Å². The normalized spacial score (nSPS) is 15.6. The third-order valence-electron chi connectivity index (χ3n) is 5.68. The molecular formula is C24H26FN7O4. The van der Waals surface area contributed by atoms with E-state index in [4.69, 9.17) is 26.0 Å². The summed E-state index contributed by atoms with van der Waals surface area (Å²) in [4.78, 5) is 35.0. The van der Waals surface area contributed by atoms with Crippen LogP contribution >= 0.6 is 0 Å². The molecule has 2 aromatic heterocycles. The maximum Gasteiger partial charge on any atom is 0.249 e. The number of amides is 1. The molecule has 3 heterocycles. The van der Waals surface area contributed by atoms with E-state index in [1.165, 1.54) is 19.2 Å². The molecule has 1 amide bonds. The van der Waals surface area contributed by atoms with E-state index in [1.54, 1.807) is 31.2 Å². The lowest BCUT2D eigenvalue weighted by Crippen LogP contribution is -2.40. The summed E-state index contributed by atoms with van der Waals surface area (Å²) in [5.74, 6) is -0.461. The summed E-state index contributed by atoms with van der Waals surface area (Å²) in [6, 6.07) is 9.04. The van der Waals surface area contributed by atoms with Gasteiger partial charge in [0.15, 0.2) is 11.9 Å². The molecule has 0 fully saturated rings. The van der Waals surface area contributed by atoms with Gasteiger partial charge in [-0.3, -0.25) is 14.6 Å². The van der Waals surface area contributed by atoms with Crippen LogP contribution in [-0.4, -0.2) is 51.6 Å². The van der Waals surface area contributed by atoms with Crippen molar-refractivity contribution in [2.45, 2.75) is 31.9 Å². The molecule has 0 radical (unpaired) electrons. The Morgan fingerprint density at radius 2 is 2.08 bits per heavy atom. The standard InChI is InChI=1S/C24H26FN7O4/c1-12-21-18(31-24(27)28-12)11-17(30-23(21)32-36-19(8-9-33)22(26)34)14-7-6-13(25)10-15(14)16-4-3-5-20(29-16)35-2/h3-7,10,17,19,33H,8-9,11H2,1-2H3,(H2,26,34)(H,30,32)(H2,27,28,31). The van der Waals surface area contributed by atoms with Gasteiger partial charge in [-0.15, -0.1) is 0 Å². The first-order valence-corrected chi connectivity index (χ1v) is 11.1. The SMILES string of the molecule is COc1cccc(-c2cc(F)ccc2C2Cc3nc(N)nc(C)c3C(NOC(CCO)C(N)=O)=N2)n1. The summed E-state index contributed by atoms with van der Waals surface area (Å²) in [5, 5.41) is 9.22. The Hall–Kier alpha value is -4.16. The molecule has 1 aromatic carbocycles. The van der Waals surface area contributed by atoms with E-state index < -0.39 is 23.9 Å². The molecule has 0 bridgehead atoms. The number of hydrogen-bond donors (Lipinski definition) is 4. The van der Waals surface area contributed by atoms with Gasteiger partial charge in [0.1, 0.15) is 5.82 Å². The third-order valence-corrected chi connectivity index (χ3v) is 5.68. The summed E-state index contributed by atoms with van der Waals surface area (Å²) >= 11 is 0. The molecule has 11 nitrogen and oxygen atoms in total. The van der Waals surface area contributed by atoms with Gasteiger partial charge in [0.25, 0.3) is 0 Å². The minimum atomic E-state index is -1.10. The second-order valence-corrected chi connectivity index (χ2v) is 8.11. The number of carbonyl (C=O) groups excluding carboxylic acids is 1. The molecule has 6 N–H and O–H groups in total. The first-order valence-electron chi connectivity index (χ1n) is 11.1. The predicted octanol–water partition coefficient (Wildman–Crippen LogP) is 1.38. The number of aliphatic hydroxyl groups is 1. The van der Waals surface area contributed by atoms with Crippen LogP contribution in [0.2, 0.25) is 0 Å². The number of anilines is 1. The van der Waals surface area contributed by atoms with Crippen LogP contribution in [-0.2, 0) is 16.1 Å². The lowest BCUT2D eigenvalue weighted by atomic mass is 9.91. The number of nitrogen functional groups attached to an aromatic ring is 1. The molecule has 1 aliphatic rings. The van der Waals surface area contributed by atoms with E-state index in [9.17, 15) is 14.3 Å². The topological polar surface area (TPSA) is 171 Å². The Kier molecular flexibility index (Phi) is 7.36. The fraction of sp³-hybridized carbons (Fsp3) is 0.292. The van der Waals surface area contributed by atoms with Crippen molar-refractivity contribution in [1.29, 1.82) is 0 Å². The van der Waals surface area contributed by atoms with Gasteiger partial charge in [-0.2, -0.15) is 0 Å². The Morgan fingerprint density at radius 3 is 2.81 bits per heavy atom. The average Bonchev–Trinajstić information content (AvgIpc) is 2.85. The number of hydroxylamine groups is 1. The summed E-state index contributed by atoms with van der Waals surface area (Å²) in [7, 11) is 1.50. The van der Waals surface area contributed by atoms with E-state index in [0.717, 1.165) is 0 Å². The molecule has 2 atom stereocenters. The number of rotatable bonds is 8. The van der Waals surface area contributed by atoms with Crippen molar-refractivity contribution in [1.82, 2.24) is 20.4 Å². The zero-order valence-electron chi connectivity index (χ0n) is 19.7. The number of aryl methyl sites for hydroxylation is 1. The molecule has 0 saturated carbocycles. The number of carbonyl (C=O) groups is 1. The van der Waals surface area contributed by atoms with Crippen molar-refractivity contribution in [2.24, 2.45) is 10.7 Å². The summed E-state index contributed by atoms with van der Waals surface area (Å²) in [5.41, 5.74) is 17.4. The number of ether oxygens (including phenoxy) is 1. The molecule has 188 valence electrons. The van der Waals surface area contributed by atoms with E-state index >= 15 is 0 Å². The van der Waals surface area contributed by atoms with Crippen LogP contribution < -0.4 is 21.7 Å². The number of fused-ring (bicyclic) bond motifs is 1. The zero-order valence-corrected chi connectivity index (χ0v) is 19.7. The first kappa shape index (κ1) is 24.9. The lowest BCUT2D eigenvalue weighted by Gasteiger charge is -2.26. The summed E-state index contributed by atoms with van der Waals surface area (Å²) in [6.07, 6.45) is -0.766. The van der Waals surface area contributed by atoms with Crippen molar-refractivity contribution >= 4 is 17.7 Å². The van der Waals surface area contributed by atoms with Crippen LogP contribution in [0.5, 0.6) is 5.88 Å². The van der Waals surface area contributed by atoms with Gasteiger partial charge < -0.3 is 21.3 Å². The highest BCUT2D eigenvalue weighted by molar-refractivity contribution is 6.01. The molecule has 2 unspecified atom stereocenters. The molecule has 3 aromatic rings. The quantitative estimate of drug-likeness (QED) is 0.337. The predicted molar refractivity (Wildman–Crippen MR) is 129 cm³/mol. The number of aliphatic imine (C=N–C) groups is 1. The summed E-state index contributed by atoms with van der Waals surface area (Å²) in [6.45, 7) is 1.45. The number of amidine groups is 1. The lowest BCUT2D eigenvalue weighted by molar-refractivity contribution is -0.133. The fourth-order valence-electron chi connectivity index (χ4n) is 4.04. The highest BCUT2D eigenvalue weighted by Gasteiger charge is 2.29. The van der Waals surface area contributed by atoms with Gasteiger partial charge in [-0.05, 0) is 30.7 Å². The van der Waals surface area contributed by atoms with Crippen molar-refractivity contribution in [3.8, 4) is 17.1 Å². The highest BCUT2D eigenvalue weighted by Crippen LogP contribution is 2.36. The zero-order chi connectivity index (χ0) is 25.8. The number of halogens is 1. The fourth-order valence-corrected chi connectivity index (χ4v) is 4.04. The van der Waals surface area contributed by atoms with E-state index in [1.807, 2.05) is 0 Å². The smallest absolute Gasteiger partial charge is 0.249 e. The van der Waals surface area contributed by atoms with E-state index in [2.05, 4.69) is 20.4 Å². The number of aliphatic hydroxyl groups excluding tert-OH is 1. The number of hydrogen-bond acceptors (Lipinski definition) is 10. The Bertz CT molecular complexity index is 1320. The number of nitrogens with two attached hydrogens (primary N) is 2. The van der Waals surface area contributed by atoms with Crippen molar-refractivity contribution in [3.05, 3.63) is 64.7 Å². The molecular weight excluding hydrogens is 469 g/mol. The largest absolute Gasteiger partial charge is 0.481 e. The Labute approximate surface area is 206 Å². The molecule has 0 aliphatic carbocycles. The minimum absolute atomic E-state index is 0.00720. The maximum atomic E-state index is 14.3. The van der Waals surface area contributed by atoms with Gasteiger partial charge in [-0.1, -0.05) is 12.1 Å². The van der Waals surface area contributed by atoms with E-state index in [0.29, 0.717) is 46.1 Å². The molecule has 0 spiro atoms. The Morgan fingerprint density at radius 1 is 1.28 bits per heavy atom. The molecule has 36 heavy (non-hydrogen) atoms. The van der Waals surface area contributed by atoms with Crippen molar-refractivity contribution in [3.63, 3.8) is 0 Å². The number of nitrogens with zero attached hydrogens (tertiary/aromatic N) is 4. The number of methoxy groups -OCH3 is 1. The van der Waals surface area contributed by atoms with Gasteiger partial charge in [-0.25, -0.2) is 24.8 Å². The summed E-state index contributed by atoms with van der Waals surface area (Å²) < 4.78 is 19.6. The van der Waals surface area contributed by atoms with Crippen LogP contribution in [0.15, 0.2) is 41.4 Å². The van der Waals surface area contributed by atoms with Gasteiger partial charge in [0, 0.05) is 31.1 Å². The number of aromatic nitrogens is 3. The maximum absolute atomic E-state index is 14.3. The third kappa shape index (κ3) is 5.24. The molecule has 12 heteroatoms. The molecule has 1 aliphatic heterocycles. The van der Waals surface area contributed by atoms with E-state index in [-0.39, 0.29) is 24.8 Å². The first-order chi connectivity index (χ1) is 17.3. The van der Waals surface area contributed by atoms with Crippen LogP contribution in [0.4, 0.5) is 10.3 Å². The molecule has 0 saturated heterocycles. The second kappa shape index (κ2) is 10.6. The van der Waals surface area contributed by atoms with Crippen molar-refractivity contribution in [2.75, 3.05) is 19.5 Å². The second-order valence-electron chi connectivity index (χ2n) is 8.11. The van der Waals surface area contributed by atoms with Crippen LogP contribution in [0.3, 0.4) is 0 Å². The van der Waals surface area contributed by atoms with Crippen molar-refractivity contribution < 1.29 is 23.9 Å². The van der Waals surface area contributed by atoms with Gasteiger partial charge in [0.2, 0.25) is 17.7 Å². The van der Waals surface area contributed by atoms with Gasteiger partial charge in [0.05, 0.1) is 35.8 Å². The monoisotopic (exact) mass is 495 g/mol. The average molecular weight is 496 g/mol. The van der Waals surface area contributed by atoms with Crippen LogP contribution in [0.1, 0.15) is 35.0 Å². The number of benzene rings is 1. The van der Waals surface area contributed by atoms with Crippen LogP contribution in [0, 0.1) is 12.7 Å². The number of pyridine rings is 1. The van der Waals surface area contributed by atoms with Gasteiger partial charge >= 0.3 is 0 Å². The minimum Gasteiger partial charge on any atom is -0.481 e.